The van der Waals surface area contributed by atoms with Crippen molar-refractivity contribution in [3.63, 3.8) is 0 Å². The van der Waals surface area contributed by atoms with Crippen molar-refractivity contribution in [1.82, 2.24) is 0 Å². The maximum Gasteiger partial charge on any atom is 0.305 e. The smallest absolute Gasteiger partial charge is 0.305 e. The first-order valence-electron chi connectivity index (χ1n) is 14.4. The normalized spacial score (nSPS) is 18.2. The standard InChI is InChI=1S/C35H37N3O3/c1-6-32(39)40-21-20-38(7-2)25-18-16-24(17-19-25)28-22-30-33(27-13-9-8-12-26(27)28)41-35(23-36-30)34(3,4)29-14-10-11-15-31(29)37(35)5/h8-19,22-23H,6-7,20-21H2,1-5H3. The van der Waals surface area contributed by atoms with Gasteiger partial charge in [-0.25, -0.2) is 0 Å². The summed E-state index contributed by atoms with van der Waals surface area (Å²) < 4.78 is 12.4. The Kier molecular flexibility index (Phi) is 6.72. The Balaban J connectivity index is 1.36. The van der Waals surface area contributed by atoms with Crippen LogP contribution in [-0.2, 0) is 14.9 Å². The van der Waals surface area contributed by atoms with E-state index in [-0.39, 0.29) is 11.4 Å². The first kappa shape index (κ1) is 26.9. The van der Waals surface area contributed by atoms with Crippen LogP contribution in [0.15, 0.2) is 83.9 Å². The molecule has 0 bridgehead atoms. The number of aliphatic imine (C=N–C) groups is 1. The van der Waals surface area contributed by atoms with Crippen LogP contribution in [-0.4, -0.2) is 44.7 Å². The van der Waals surface area contributed by atoms with Crippen LogP contribution in [0.25, 0.3) is 21.9 Å². The van der Waals surface area contributed by atoms with Gasteiger partial charge in [0.2, 0.25) is 5.72 Å². The molecule has 210 valence electrons. The van der Waals surface area contributed by atoms with Crippen molar-refractivity contribution < 1.29 is 14.3 Å². The van der Waals surface area contributed by atoms with Crippen LogP contribution >= 0.6 is 0 Å². The molecule has 0 aliphatic carbocycles. The number of carbonyl (C=O) groups is 1. The van der Waals surface area contributed by atoms with E-state index >= 15 is 0 Å². The average molecular weight is 548 g/mol. The zero-order chi connectivity index (χ0) is 28.8. The molecule has 0 amide bonds. The highest BCUT2D eigenvalue weighted by Gasteiger charge is 2.58. The number of hydrogen-bond acceptors (Lipinski definition) is 6. The molecule has 2 aliphatic rings. The van der Waals surface area contributed by atoms with Crippen LogP contribution in [0, 0.1) is 0 Å². The zero-order valence-corrected chi connectivity index (χ0v) is 24.5. The van der Waals surface area contributed by atoms with Crippen molar-refractivity contribution >= 4 is 40.0 Å². The number of anilines is 2. The van der Waals surface area contributed by atoms with Gasteiger partial charge in [0.25, 0.3) is 0 Å². The monoisotopic (exact) mass is 547 g/mol. The summed E-state index contributed by atoms with van der Waals surface area (Å²) >= 11 is 0. The lowest BCUT2D eigenvalue weighted by Gasteiger charge is -2.45. The molecule has 41 heavy (non-hydrogen) atoms. The number of nitrogens with zero attached hydrogens (tertiary/aromatic N) is 3. The Hall–Kier alpha value is -4.32. The van der Waals surface area contributed by atoms with Crippen molar-refractivity contribution in [3.8, 4) is 16.9 Å². The third-order valence-corrected chi connectivity index (χ3v) is 8.78. The highest BCUT2D eigenvalue weighted by Crippen LogP contribution is 2.55. The number of rotatable bonds is 7. The predicted octanol–water partition coefficient (Wildman–Crippen LogP) is 7.50. The van der Waals surface area contributed by atoms with E-state index in [2.05, 4.69) is 116 Å². The summed E-state index contributed by atoms with van der Waals surface area (Å²) in [4.78, 5) is 21.0. The lowest BCUT2D eigenvalue weighted by atomic mass is 9.77. The SMILES string of the molecule is CCC(=O)OCCN(CC)c1ccc(-c2cc3c(c4ccccc24)OC2(C=N3)N(C)c3ccccc3C2(C)C)cc1. The van der Waals surface area contributed by atoms with E-state index in [0.29, 0.717) is 19.6 Å². The molecule has 6 nitrogen and oxygen atoms in total. The molecular formula is C35H37N3O3. The molecule has 1 spiro atoms. The third kappa shape index (κ3) is 4.24. The minimum Gasteiger partial charge on any atom is -0.464 e. The summed E-state index contributed by atoms with van der Waals surface area (Å²) in [5, 5.41) is 2.18. The highest BCUT2D eigenvalue weighted by molar-refractivity contribution is 6.05. The Morgan fingerprint density at radius 1 is 0.976 bits per heavy atom. The Labute approximate surface area is 242 Å². The summed E-state index contributed by atoms with van der Waals surface area (Å²) in [7, 11) is 2.09. The number of para-hydroxylation sites is 1. The van der Waals surface area contributed by atoms with E-state index < -0.39 is 5.72 Å². The van der Waals surface area contributed by atoms with Crippen LogP contribution in [0.3, 0.4) is 0 Å². The van der Waals surface area contributed by atoms with Gasteiger partial charge >= 0.3 is 5.97 Å². The second kappa shape index (κ2) is 10.3. The fourth-order valence-electron chi connectivity index (χ4n) is 6.34. The molecule has 4 aromatic rings. The fraction of sp³-hybridized carbons (Fsp3) is 0.314. The summed E-state index contributed by atoms with van der Waals surface area (Å²) in [5.41, 5.74) is 5.54. The van der Waals surface area contributed by atoms with Gasteiger partial charge in [0.1, 0.15) is 12.3 Å². The minimum absolute atomic E-state index is 0.166. The number of likely N-dealkylation sites (N-methyl/N-ethyl adjacent to an activating group) is 2. The van der Waals surface area contributed by atoms with E-state index in [1.165, 1.54) is 5.56 Å². The average Bonchev–Trinajstić information content (AvgIpc) is 3.17. The Morgan fingerprint density at radius 2 is 1.68 bits per heavy atom. The molecule has 2 heterocycles. The molecule has 0 fully saturated rings. The predicted molar refractivity (Wildman–Crippen MR) is 168 cm³/mol. The van der Waals surface area contributed by atoms with Gasteiger partial charge in [-0.1, -0.05) is 61.5 Å². The van der Waals surface area contributed by atoms with Crippen LogP contribution in [0.5, 0.6) is 5.75 Å². The van der Waals surface area contributed by atoms with E-state index in [0.717, 1.165) is 51.3 Å². The number of benzene rings is 4. The molecule has 0 saturated carbocycles. The minimum atomic E-state index is -0.731. The molecule has 1 atom stereocenters. The first-order chi connectivity index (χ1) is 19.8. The van der Waals surface area contributed by atoms with E-state index in [9.17, 15) is 4.79 Å². The Morgan fingerprint density at radius 3 is 2.39 bits per heavy atom. The highest BCUT2D eigenvalue weighted by atomic mass is 16.5. The second-order valence-corrected chi connectivity index (χ2v) is 11.3. The van der Waals surface area contributed by atoms with Gasteiger partial charge in [-0.3, -0.25) is 9.79 Å². The van der Waals surface area contributed by atoms with Crippen LogP contribution < -0.4 is 14.5 Å². The summed E-state index contributed by atoms with van der Waals surface area (Å²) in [6.45, 7) is 10.3. The van der Waals surface area contributed by atoms with Gasteiger partial charge < -0.3 is 19.3 Å². The number of fused-ring (bicyclic) bond motifs is 4. The molecular weight excluding hydrogens is 510 g/mol. The number of ether oxygens (including phenoxy) is 2. The quantitative estimate of drug-likeness (QED) is 0.224. The molecule has 0 saturated heterocycles. The number of esters is 1. The molecule has 6 rings (SSSR count). The van der Waals surface area contributed by atoms with Crippen LogP contribution in [0.4, 0.5) is 17.1 Å². The number of hydrogen-bond donors (Lipinski definition) is 0. The van der Waals surface area contributed by atoms with E-state index in [1.54, 1.807) is 0 Å². The lowest BCUT2D eigenvalue weighted by molar-refractivity contribution is -0.142. The van der Waals surface area contributed by atoms with E-state index in [4.69, 9.17) is 14.5 Å². The van der Waals surface area contributed by atoms with Gasteiger partial charge in [0, 0.05) is 36.8 Å². The summed E-state index contributed by atoms with van der Waals surface area (Å²) in [5.74, 6) is 0.649. The largest absolute Gasteiger partial charge is 0.464 e. The molecule has 0 N–H and O–H groups in total. The number of carbonyl (C=O) groups excluding carboxylic acids is 1. The molecule has 2 aliphatic heterocycles. The maximum absolute atomic E-state index is 11.5. The molecule has 1 unspecified atom stereocenters. The van der Waals surface area contributed by atoms with Crippen LogP contribution in [0.1, 0.15) is 39.7 Å². The zero-order valence-electron chi connectivity index (χ0n) is 24.5. The van der Waals surface area contributed by atoms with Crippen molar-refractivity contribution in [1.29, 1.82) is 0 Å². The van der Waals surface area contributed by atoms with Gasteiger partial charge in [-0.15, -0.1) is 0 Å². The van der Waals surface area contributed by atoms with Gasteiger partial charge in [0.15, 0.2) is 5.75 Å². The second-order valence-electron chi connectivity index (χ2n) is 11.3. The van der Waals surface area contributed by atoms with Crippen molar-refractivity contribution in [2.45, 2.75) is 45.3 Å². The van der Waals surface area contributed by atoms with Crippen LogP contribution in [0.2, 0.25) is 0 Å². The first-order valence-corrected chi connectivity index (χ1v) is 14.4. The lowest BCUT2D eigenvalue weighted by Crippen LogP contribution is -2.61. The maximum atomic E-state index is 11.5. The third-order valence-electron chi connectivity index (χ3n) is 8.78. The fourth-order valence-corrected chi connectivity index (χ4v) is 6.34. The summed E-state index contributed by atoms with van der Waals surface area (Å²) in [6.07, 6.45) is 2.38. The molecule has 0 aromatic heterocycles. The van der Waals surface area contributed by atoms with Crippen molar-refractivity contribution in [2.24, 2.45) is 4.99 Å². The van der Waals surface area contributed by atoms with Gasteiger partial charge in [-0.2, -0.15) is 0 Å². The van der Waals surface area contributed by atoms with Gasteiger partial charge in [0.05, 0.1) is 18.2 Å². The van der Waals surface area contributed by atoms with Crippen molar-refractivity contribution in [3.05, 3.63) is 84.4 Å². The molecule has 0 radical (unpaired) electrons. The summed E-state index contributed by atoms with van der Waals surface area (Å²) in [6, 6.07) is 27.7. The molecule has 6 heteroatoms. The Bertz CT molecular complexity index is 1640. The van der Waals surface area contributed by atoms with E-state index in [1.807, 2.05) is 13.1 Å². The van der Waals surface area contributed by atoms with Gasteiger partial charge in [-0.05, 0) is 67.1 Å². The topological polar surface area (TPSA) is 54.4 Å². The molecule has 4 aromatic carbocycles. The van der Waals surface area contributed by atoms with Crippen molar-refractivity contribution in [2.75, 3.05) is 36.5 Å².